The summed E-state index contributed by atoms with van der Waals surface area (Å²) in [4.78, 5) is 19.6. The minimum atomic E-state index is -0.0546. The van der Waals surface area contributed by atoms with Gasteiger partial charge in [-0.25, -0.2) is 0 Å². The first-order valence-electron chi connectivity index (χ1n) is 7.87. The Morgan fingerprint density at radius 3 is 2.68 bits per heavy atom. The minimum Gasteiger partial charge on any atom is -0.390 e. The van der Waals surface area contributed by atoms with Crippen LogP contribution in [0.1, 0.15) is 37.7 Å². The van der Waals surface area contributed by atoms with Gasteiger partial charge in [-0.2, -0.15) is 0 Å². The third-order valence-electron chi connectivity index (χ3n) is 4.47. The van der Waals surface area contributed by atoms with Gasteiger partial charge in [0.05, 0.1) is 12.3 Å². The highest BCUT2D eigenvalue weighted by atomic mass is 35.5. The molecule has 1 aromatic rings. The third kappa shape index (κ3) is 3.43. The summed E-state index contributed by atoms with van der Waals surface area (Å²) in [5, 5.41) is 4.87. The Morgan fingerprint density at radius 2 is 2.00 bits per heavy atom. The summed E-state index contributed by atoms with van der Waals surface area (Å²) >= 11 is 5.90. The Balaban J connectivity index is 1.53. The lowest BCUT2D eigenvalue weighted by Gasteiger charge is -2.23. The van der Waals surface area contributed by atoms with Gasteiger partial charge in [0, 0.05) is 24.4 Å². The van der Waals surface area contributed by atoms with Crippen LogP contribution in [0.5, 0.6) is 0 Å². The molecule has 1 atom stereocenters. The lowest BCUT2D eigenvalue weighted by Crippen LogP contribution is -2.37. The van der Waals surface area contributed by atoms with Crippen LogP contribution in [0.4, 0.5) is 0 Å². The van der Waals surface area contributed by atoms with Crippen molar-refractivity contribution in [2.45, 2.75) is 38.2 Å². The number of amides is 1. The van der Waals surface area contributed by atoms with Crippen molar-refractivity contribution in [1.29, 1.82) is 0 Å². The van der Waals surface area contributed by atoms with Crippen molar-refractivity contribution in [3.05, 3.63) is 34.9 Å². The summed E-state index contributed by atoms with van der Waals surface area (Å²) in [6.45, 7) is 0.593. The molecule has 2 aliphatic rings. The molecule has 1 aliphatic carbocycles. The van der Waals surface area contributed by atoms with Crippen molar-refractivity contribution in [3.63, 3.8) is 0 Å². The predicted molar refractivity (Wildman–Crippen MR) is 87.1 cm³/mol. The molecule has 0 saturated heterocycles. The van der Waals surface area contributed by atoms with E-state index in [2.05, 4.69) is 5.16 Å². The van der Waals surface area contributed by atoms with Crippen molar-refractivity contribution in [2.24, 2.45) is 11.1 Å². The topological polar surface area (TPSA) is 41.9 Å². The average molecular weight is 321 g/mol. The Morgan fingerprint density at radius 1 is 1.32 bits per heavy atom. The van der Waals surface area contributed by atoms with Gasteiger partial charge in [0.1, 0.15) is 0 Å². The largest absolute Gasteiger partial charge is 0.390 e. The number of nitrogens with zero attached hydrogens (tertiary/aromatic N) is 2. The Bertz CT molecular complexity index is 565. The fourth-order valence-electron chi connectivity index (χ4n) is 3.22. The molecule has 3 rings (SSSR count). The van der Waals surface area contributed by atoms with Crippen molar-refractivity contribution >= 4 is 23.2 Å². The summed E-state index contributed by atoms with van der Waals surface area (Å²) in [7, 11) is 1.87. The summed E-state index contributed by atoms with van der Waals surface area (Å²) in [6.07, 6.45) is 5.08. The highest BCUT2D eigenvalue weighted by Crippen LogP contribution is 2.27. The number of likely N-dealkylation sites (N-methyl/N-ethyl adjacent to an activating group) is 1. The third-order valence-corrected chi connectivity index (χ3v) is 4.72. The first-order valence-corrected chi connectivity index (χ1v) is 8.25. The quantitative estimate of drug-likeness (QED) is 0.852. The van der Waals surface area contributed by atoms with E-state index in [0.717, 1.165) is 30.5 Å². The van der Waals surface area contributed by atoms with Gasteiger partial charge in [0.15, 0.2) is 6.10 Å². The van der Waals surface area contributed by atoms with Crippen molar-refractivity contribution in [3.8, 4) is 0 Å². The van der Waals surface area contributed by atoms with E-state index in [1.807, 2.05) is 31.3 Å². The first-order chi connectivity index (χ1) is 10.6. The molecule has 4 nitrogen and oxygen atoms in total. The normalized spacial score (nSPS) is 21.5. The van der Waals surface area contributed by atoms with Crippen molar-refractivity contribution < 1.29 is 9.63 Å². The second-order valence-corrected chi connectivity index (χ2v) is 6.61. The van der Waals surface area contributed by atoms with E-state index in [-0.39, 0.29) is 17.9 Å². The standard InChI is InChI=1S/C17H21ClN2O2/c1-20(17(21)13-4-2-3-5-13)11-15-10-16(19-22-15)12-6-8-14(18)9-7-12/h6-9,13,15H,2-5,10-11H2,1H3/t15-/m1/s1. The number of carbonyl (C=O) groups is 1. The molecular formula is C17H21ClN2O2. The molecule has 1 aromatic carbocycles. The molecule has 1 heterocycles. The van der Waals surface area contributed by atoms with Gasteiger partial charge in [-0.15, -0.1) is 0 Å². The van der Waals surface area contributed by atoms with Crippen LogP contribution in [0.2, 0.25) is 5.02 Å². The molecule has 22 heavy (non-hydrogen) atoms. The molecule has 1 amide bonds. The van der Waals surface area contributed by atoms with Crippen LogP contribution in [0.15, 0.2) is 29.4 Å². The van der Waals surface area contributed by atoms with Crippen LogP contribution in [0, 0.1) is 5.92 Å². The number of rotatable bonds is 4. The summed E-state index contributed by atoms with van der Waals surface area (Å²) < 4.78 is 0. The number of oxime groups is 1. The van der Waals surface area contributed by atoms with Gasteiger partial charge in [0.2, 0.25) is 5.91 Å². The minimum absolute atomic E-state index is 0.0546. The van der Waals surface area contributed by atoms with Gasteiger partial charge in [-0.3, -0.25) is 4.79 Å². The van der Waals surface area contributed by atoms with Crippen LogP contribution in [-0.2, 0) is 9.63 Å². The van der Waals surface area contributed by atoms with E-state index in [1.165, 1.54) is 12.8 Å². The predicted octanol–water partition coefficient (Wildman–Crippen LogP) is 3.48. The number of benzene rings is 1. The number of halogens is 1. The summed E-state index contributed by atoms with van der Waals surface area (Å²) in [6, 6.07) is 7.59. The smallest absolute Gasteiger partial charge is 0.225 e. The fourth-order valence-corrected chi connectivity index (χ4v) is 3.34. The second-order valence-electron chi connectivity index (χ2n) is 6.18. The van der Waals surface area contributed by atoms with Gasteiger partial charge in [-0.1, -0.05) is 41.7 Å². The second kappa shape index (κ2) is 6.69. The van der Waals surface area contributed by atoms with Gasteiger partial charge in [-0.05, 0) is 30.5 Å². The van der Waals surface area contributed by atoms with E-state index in [1.54, 1.807) is 4.90 Å². The molecular weight excluding hydrogens is 300 g/mol. The summed E-state index contributed by atoms with van der Waals surface area (Å²) in [5.74, 6) is 0.462. The van der Waals surface area contributed by atoms with Crippen LogP contribution < -0.4 is 0 Å². The number of hydrogen-bond acceptors (Lipinski definition) is 3. The lowest BCUT2D eigenvalue weighted by molar-refractivity contribution is -0.135. The monoisotopic (exact) mass is 320 g/mol. The lowest BCUT2D eigenvalue weighted by atomic mass is 10.0. The van der Waals surface area contributed by atoms with E-state index >= 15 is 0 Å². The van der Waals surface area contributed by atoms with Gasteiger partial charge in [0.25, 0.3) is 0 Å². The average Bonchev–Trinajstić information content (AvgIpc) is 3.18. The Kier molecular flexibility index (Phi) is 4.67. The molecule has 0 radical (unpaired) electrons. The van der Waals surface area contributed by atoms with E-state index in [0.29, 0.717) is 11.6 Å². The zero-order valence-electron chi connectivity index (χ0n) is 12.8. The molecule has 1 aliphatic heterocycles. The van der Waals surface area contributed by atoms with E-state index in [9.17, 15) is 4.79 Å². The summed E-state index contributed by atoms with van der Waals surface area (Å²) in [5.41, 5.74) is 1.94. The molecule has 1 fully saturated rings. The van der Waals surface area contributed by atoms with E-state index in [4.69, 9.17) is 16.4 Å². The maximum Gasteiger partial charge on any atom is 0.225 e. The zero-order valence-corrected chi connectivity index (χ0v) is 13.6. The highest BCUT2D eigenvalue weighted by molar-refractivity contribution is 6.30. The van der Waals surface area contributed by atoms with Crippen LogP contribution in [-0.4, -0.2) is 36.2 Å². The van der Waals surface area contributed by atoms with Crippen molar-refractivity contribution in [1.82, 2.24) is 4.90 Å². The van der Waals surface area contributed by atoms with E-state index < -0.39 is 0 Å². The maximum absolute atomic E-state index is 12.3. The molecule has 0 spiro atoms. The van der Waals surface area contributed by atoms with Crippen LogP contribution >= 0.6 is 11.6 Å². The zero-order chi connectivity index (χ0) is 15.5. The molecule has 0 aromatic heterocycles. The number of hydrogen-bond donors (Lipinski definition) is 0. The Labute approximate surface area is 136 Å². The number of carbonyl (C=O) groups excluding carboxylic acids is 1. The van der Waals surface area contributed by atoms with Gasteiger partial charge < -0.3 is 9.74 Å². The molecule has 0 N–H and O–H groups in total. The van der Waals surface area contributed by atoms with Crippen molar-refractivity contribution in [2.75, 3.05) is 13.6 Å². The molecule has 118 valence electrons. The molecule has 0 unspecified atom stereocenters. The van der Waals surface area contributed by atoms with Gasteiger partial charge >= 0.3 is 0 Å². The SMILES string of the molecule is CN(C[C@H]1CC(c2ccc(Cl)cc2)=NO1)C(=O)C1CCCC1. The fraction of sp³-hybridized carbons (Fsp3) is 0.529. The molecule has 0 bridgehead atoms. The van der Waals surface area contributed by atoms with Crippen LogP contribution in [0.25, 0.3) is 0 Å². The Hall–Kier alpha value is -1.55. The maximum atomic E-state index is 12.3. The molecule has 1 saturated carbocycles. The van der Waals surface area contributed by atoms with Crippen LogP contribution in [0.3, 0.4) is 0 Å². The highest BCUT2D eigenvalue weighted by Gasteiger charge is 2.29. The first kappa shape index (κ1) is 15.3. The molecule has 5 heteroatoms.